The Labute approximate surface area is 215 Å². The summed E-state index contributed by atoms with van der Waals surface area (Å²) >= 11 is 0. The van der Waals surface area contributed by atoms with Gasteiger partial charge in [0, 0.05) is 51.8 Å². The van der Waals surface area contributed by atoms with Crippen molar-refractivity contribution in [1.82, 2.24) is 25.2 Å². The molecule has 2 N–H and O–H groups in total. The Morgan fingerprint density at radius 2 is 1.92 bits per heavy atom. The van der Waals surface area contributed by atoms with Crippen molar-refractivity contribution in [2.24, 2.45) is 0 Å². The van der Waals surface area contributed by atoms with E-state index >= 15 is 0 Å². The van der Waals surface area contributed by atoms with E-state index in [1.54, 1.807) is 28.8 Å². The Balaban J connectivity index is 1.39. The molecule has 1 aromatic carbocycles. The van der Waals surface area contributed by atoms with Crippen molar-refractivity contribution in [3.8, 4) is 11.4 Å². The third kappa shape index (κ3) is 7.21. The van der Waals surface area contributed by atoms with Crippen LogP contribution in [-0.2, 0) is 20.9 Å². The van der Waals surface area contributed by atoms with E-state index in [1.807, 2.05) is 26.1 Å². The van der Waals surface area contributed by atoms with Crippen molar-refractivity contribution in [1.29, 1.82) is 0 Å². The second-order valence-corrected chi connectivity index (χ2v) is 9.23. The highest BCUT2D eigenvalue weighted by molar-refractivity contribution is 5.92. The lowest BCUT2D eigenvalue weighted by Crippen LogP contribution is -2.37. The maximum absolute atomic E-state index is 14.5. The number of ether oxygens (including phenoxy) is 1. The summed E-state index contributed by atoms with van der Waals surface area (Å²) in [6, 6.07) is 8.52. The first kappa shape index (κ1) is 26.4. The topological polar surface area (TPSA) is 101 Å². The average molecular weight is 509 g/mol. The summed E-state index contributed by atoms with van der Waals surface area (Å²) in [5.41, 5.74) is 3.12. The van der Waals surface area contributed by atoms with Gasteiger partial charge in [0.05, 0.1) is 18.8 Å². The van der Waals surface area contributed by atoms with Crippen LogP contribution in [0.4, 0.5) is 10.2 Å². The number of aromatic nitrogens is 3. The third-order valence-corrected chi connectivity index (χ3v) is 5.93. The van der Waals surface area contributed by atoms with Gasteiger partial charge in [-0.15, -0.1) is 5.10 Å². The number of fused-ring (bicyclic) bond motifs is 1. The van der Waals surface area contributed by atoms with E-state index in [-0.39, 0.29) is 30.3 Å². The number of carbonyl (C=O) groups excluding carboxylic acids is 2. The molecule has 196 valence electrons. The number of morpholine rings is 1. The van der Waals surface area contributed by atoms with Crippen LogP contribution in [0.5, 0.6) is 0 Å². The molecule has 0 bridgehead atoms. The lowest BCUT2D eigenvalue weighted by Gasteiger charge is -2.28. The fourth-order valence-electron chi connectivity index (χ4n) is 4.14. The van der Waals surface area contributed by atoms with Gasteiger partial charge in [-0.2, -0.15) is 0 Å². The van der Waals surface area contributed by atoms with Crippen LogP contribution in [0.2, 0.25) is 0 Å². The Morgan fingerprint density at radius 3 is 2.68 bits per heavy atom. The molecule has 37 heavy (non-hydrogen) atoms. The maximum Gasteiger partial charge on any atom is 0.220 e. The molecular formula is C27H33FN6O3. The summed E-state index contributed by atoms with van der Waals surface area (Å²) in [4.78, 5) is 30.6. The second kappa shape index (κ2) is 12.6. The molecule has 10 heteroatoms. The lowest BCUT2D eigenvalue weighted by molar-refractivity contribution is -0.123. The number of anilines is 1. The lowest BCUT2D eigenvalue weighted by atomic mass is 10.1. The standard InChI is InChI=1S/C27H33FN6O3/c1-19(2)15-21(35)7-8-25(36)30-10-9-29-17-20-16-24-27(33-11-13-37-14-12-33)31-26(32-34(24)18-20)22-5-3-4-6-23(22)28/h3-6,15-16,18,29H,7-14,17H2,1-2H3,(H,30,36). The molecule has 2 aromatic heterocycles. The Kier molecular flexibility index (Phi) is 8.97. The quantitative estimate of drug-likeness (QED) is 0.303. The monoisotopic (exact) mass is 508 g/mol. The number of amides is 1. The number of rotatable bonds is 11. The molecule has 9 nitrogen and oxygen atoms in total. The molecule has 1 saturated heterocycles. The normalized spacial score (nSPS) is 13.5. The number of nitrogens with one attached hydrogen (secondary N) is 2. The largest absolute Gasteiger partial charge is 0.378 e. The second-order valence-electron chi connectivity index (χ2n) is 9.23. The number of allylic oxidation sites excluding steroid dienone is 2. The minimum absolute atomic E-state index is 0.0354. The summed E-state index contributed by atoms with van der Waals surface area (Å²) in [6.07, 6.45) is 3.86. The predicted molar refractivity (Wildman–Crippen MR) is 140 cm³/mol. The van der Waals surface area contributed by atoms with Crippen LogP contribution in [0, 0.1) is 5.82 Å². The number of hydrogen-bond acceptors (Lipinski definition) is 7. The predicted octanol–water partition coefficient (Wildman–Crippen LogP) is 2.89. The van der Waals surface area contributed by atoms with Crippen molar-refractivity contribution in [3.63, 3.8) is 0 Å². The van der Waals surface area contributed by atoms with E-state index in [2.05, 4.69) is 20.6 Å². The van der Waals surface area contributed by atoms with Gasteiger partial charge in [-0.25, -0.2) is 13.9 Å². The van der Waals surface area contributed by atoms with E-state index in [0.29, 0.717) is 57.3 Å². The zero-order valence-corrected chi connectivity index (χ0v) is 21.3. The molecule has 1 aliphatic heterocycles. The zero-order chi connectivity index (χ0) is 26.2. The molecule has 3 heterocycles. The van der Waals surface area contributed by atoms with Crippen LogP contribution < -0.4 is 15.5 Å². The molecule has 1 aliphatic rings. The van der Waals surface area contributed by atoms with Gasteiger partial charge in [-0.1, -0.05) is 17.7 Å². The molecule has 0 aliphatic carbocycles. The van der Waals surface area contributed by atoms with E-state index in [0.717, 1.165) is 22.5 Å². The first-order valence-electron chi connectivity index (χ1n) is 12.5. The van der Waals surface area contributed by atoms with Gasteiger partial charge in [0.1, 0.15) is 11.3 Å². The molecule has 4 rings (SSSR count). The van der Waals surface area contributed by atoms with Gasteiger partial charge < -0.3 is 20.3 Å². The van der Waals surface area contributed by atoms with Crippen molar-refractivity contribution in [2.75, 3.05) is 44.3 Å². The van der Waals surface area contributed by atoms with Gasteiger partial charge in [-0.3, -0.25) is 9.59 Å². The highest BCUT2D eigenvalue weighted by Crippen LogP contribution is 2.27. The molecule has 0 radical (unpaired) electrons. The zero-order valence-electron chi connectivity index (χ0n) is 21.3. The highest BCUT2D eigenvalue weighted by Gasteiger charge is 2.20. The summed E-state index contributed by atoms with van der Waals surface area (Å²) in [6.45, 7) is 7.91. The van der Waals surface area contributed by atoms with Gasteiger partial charge in [0.2, 0.25) is 5.91 Å². The average Bonchev–Trinajstić information content (AvgIpc) is 3.30. The minimum atomic E-state index is -0.368. The number of nitrogens with zero attached hydrogens (tertiary/aromatic N) is 4. The Bertz CT molecular complexity index is 1280. The maximum atomic E-state index is 14.5. The number of hydrogen-bond donors (Lipinski definition) is 2. The number of ketones is 1. The van der Waals surface area contributed by atoms with Crippen LogP contribution in [0.15, 0.2) is 48.2 Å². The summed E-state index contributed by atoms with van der Waals surface area (Å²) < 4.78 is 21.8. The Morgan fingerprint density at radius 1 is 1.14 bits per heavy atom. The molecule has 0 spiro atoms. The van der Waals surface area contributed by atoms with Crippen LogP contribution >= 0.6 is 0 Å². The molecular weight excluding hydrogens is 475 g/mol. The van der Waals surface area contributed by atoms with Crippen LogP contribution in [0.25, 0.3) is 16.9 Å². The minimum Gasteiger partial charge on any atom is -0.378 e. The van der Waals surface area contributed by atoms with Gasteiger partial charge >= 0.3 is 0 Å². The fraction of sp³-hybridized carbons (Fsp3) is 0.407. The molecule has 0 unspecified atom stereocenters. The summed E-state index contributed by atoms with van der Waals surface area (Å²) in [7, 11) is 0. The van der Waals surface area contributed by atoms with Crippen molar-refractivity contribution in [3.05, 3.63) is 59.6 Å². The smallest absolute Gasteiger partial charge is 0.220 e. The van der Waals surface area contributed by atoms with E-state index < -0.39 is 0 Å². The van der Waals surface area contributed by atoms with E-state index in [9.17, 15) is 14.0 Å². The van der Waals surface area contributed by atoms with Crippen molar-refractivity contribution >= 4 is 23.0 Å². The van der Waals surface area contributed by atoms with Crippen LogP contribution in [0.1, 0.15) is 32.3 Å². The number of carbonyl (C=O) groups is 2. The van der Waals surface area contributed by atoms with Gasteiger partial charge in [-0.05, 0) is 43.7 Å². The number of benzene rings is 1. The van der Waals surface area contributed by atoms with Crippen molar-refractivity contribution in [2.45, 2.75) is 33.2 Å². The van der Waals surface area contributed by atoms with Gasteiger partial charge in [0.15, 0.2) is 17.4 Å². The van der Waals surface area contributed by atoms with Gasteiger partial charge in [0.25, 0.3) is 0 Å². The van der Waals surface area contributed by atoms with E-state index in [1.165, 1.54) is 6.07 Å². The van der Waals surface area contributed by atoms with Crippen LogP contribution in [-0.4, -0.2) is 65.7 Å². The first-order valence-corrected chi connectivity index (χ1v) is 12.5. The SMILES string of the molecule is CC(C)=CC(=O)CCC(=O)NCCNCc1cc2c(N3CCOCC3)nc(-c3ccccc3F)nn2c1. The molecule has 1 fully saturated rings. The van der Waals surface area contributed by atoms with Crippen LogP contribution in [0.3, 0.4) is 0 Å². The highest BCUT2D eigenvalue weighted by atomic mass is 19.1. The molecule has 0 atom stereocenters. The summed E-state index contributed by atoms with van der Waals surface area (Å²) in [5.74, 6) is 0.530. The third-order valence-electron chi connectivity index (χ3n) is 5.93. The molecule has 1 amide bonds. The summed E-state index contributed by atoms with van der Waals surface area (Å²) in [5, 5.41) is 10.7. The molecule has 3 aromatic rings. The number of halogens is 1. The van der Waals surface area contributed by atoms with E-state index in [4.69, 9.17) is 9.72 Å². The first-order chi connectivity index (χ1) is 17.9. The molecule has 0 saturated carbocycles. The Hall–Kier alpha value is -3.63. The van der Waals surface area contributed by atoms with Crippen molar-refractivity contribution < 1.29 is 18.7 Å². The fourth-order valence-corrected chi connectivity index (χ4v) is 4.14.